The van der Waals surface area contributed by atoms with Gasteiger partial charge in [0.15, 0.2) is 6.29 Å². The van der Waals surface area contributed by atoms with Crippen molar-refractivity contribution in [3.05, 3.63) is 12.2 Å². The number of aliphatic hydroxyl groups is 4. The van der Waals surface area contributed by atoms with Crippen LogP contribution in [-0.2, 0) is 28.9 Å². The number of nitrogens with one attached hydrogen (secondary N) is 1. The Balaban J connectivity index is 2.42. The van der Waals surface area contributed by atoms with Crippen LogP contribution in [0, 0.1) is 0 Å². The molecule has 0 aromatic rings. The molecule has 7 atom stereocenters. The normalized spacial score (nSPS) is 21.0. The maximum Gasteiger partial charge on any atom is 0.397 e. The molecule has 7 unspecified atom stereocenters. The summed E-state index contributed by atoms with van der Waals surface area (Å²) < 4.78 is 47.6. The Morgan fingerprint density at radius 3 is 1.53 bits per heavy atom. The molecule has 0 spiro atoms. The van der Waals surface area contributed by atoms with E-state index in [9.17, 15) is 38.2 Å². The van der Waals surface area contributed by atoms with Crippen LogP contribution in [0.5, 0.6) is 0 Å². The van der Waals surface area contributed by atoms with Gasteiger partial charge in [0.25, 0.3) is 0 Å². The molecular weight excluding hydrogens is 775 g/mol. The Morgan fingerprint density at radius 2 is 1.08 bits per heavy atom. The minimum Gasteiger partial charge on any atom is -0.394 e. The highest BCUT2D eigenvalue weighted by molar-refractivity contribution is 7.80. The van der Waals surface area contributed by atoms with E-state index < -0.39 is 59.9 Å². The molecule has 1 fully saturated rings. The second kappa shape index (κ2) is 37.4. The standard InChI is InChI=1S/C46H89NO11S/c1-3-5-7-9-11-13-15-16-17-18-19-20-21-22-23-24-26-28-30-32-34-36-42(50)47-39(40(49)35-33-31-29-27-25-14-12-10-8-6-4-2)38-56-46-44(52)45(58-59(53,54)55)43(51)41(37-48)57-46/h20-21,39-41,43-46,48-49,51-52H,3-19,22-38H2,1-2H3,(H,47,50)(H,53,54,55)/b21-20-. The molecule has 0 radical (unpaired) electrons. The summed E-state index contributed by atoms with van der Waals surface area (Å²) in [6.07, 6.45) is 32.2. The molecule has 1 amide bonds. The fraction of sp³-hybridized carbons (Fsp3) is 0.935. The first-order valence-electron chi connectivity index (χ1n) is 24.1. The summed E-state index contributed by atoms with van der Waals surface area (Å²) >= 11 is 0. The van der Waals surface area contributed by atoms with Crippen molar-refractivity contribution in [2.45, 2.75) is 262 Å². The van der Waals surface area contributed by atoms with E-state index in [4.69, 9.17) is 9.47 Å². The lowest BCUT2D eigenvalue weighted by molar-refractivity contribution is -0.298. The van der Waals surface area contributed by atoms with Crippen LogP contribution in [0.25, 0.3) is 0 Å². The molecule has 0 aliphatic carbocycles. The molecule has 0 aromatic heterocycles. The molecule has 0 aromatic carbocycles. The van der Waals surface area contributed by atoms with Gasteiger partial charge >= 0.3 is 10.4 Å². The third kappa shape index (κ3) is 30.5. The predicted molar refractivity (Wildman–Crippen MR) is 236 cm³/mol. The second-order valence-electron chi connectivity index (χ2n) is 17.0. The van der Waals surface area contributed by atoms with Crippen molar-refractivity contribution < 1.29 is 51.8 Å². The van der Waals surface area contributed by atoms with Crippen molar-refractivity contribution in [2.24, 2.45) is 0 Å². The largest absolute Gasteiger partial charge is 0.397 e. The number of amides is 1. The Kier molecular flexibility index (Phi) is 35.4. The quantitative estimate of drug-likeness (QED) is 0.0195. The Morgan fingerprint density at radius 1 is 0.661 bits per heavy atom. The molecule has 0 saturated carbocycles. The van der Waals surface area contributed by atoms with Crippen molar-refractivity contribution in [3.63, 3.8) is 0 Å². The molecule has 59 heavy (non-hydrogen) atoms. The molecule has 1 aliphatic heterocycles. The molecule has 1 aliphatic rings. The Bertz CT molecular complexity index is 1110. The highest BCUT2D eigenvalue weighted by atomic mass is 32.3. The number of rotatable bonds is 41. The van der Waals surface area contributed by atoms with Crippen molar-refractivity contribution in [1.29, 1.82) is 0 Å². The van der Waals surface area contributed by atoms with E-state index >= 15 is 0 Å². The van der Waals surface area contributed by atoms with Gasteiger partial charge in [0.2, 0.25) is 5.91 Å². The molecule has 12 nitrogen and oxygen atoms in total. The van der Waals surface area contributed by atoms with E-state index in [1.165, 1.54) is 135 Å². The number of carbonyl (C=O) groups is 1. The molecule has 13 heteroatoms. The summed E-state index contributed by atoms with van der Waals surface area (Å²) in [7, 11) is -5.07. The molecule has 0 bridgehead atoms. The summed E-state index contributed by atoms with van der Waals surface area (Å²) in [5, 5.41) is 44.8. The van der Waals surface area contributed by atoms with Crippen LogP contribution in [-0.4, -0.2) is 95.4 Å². The topological polar surface area (TPSA) is 192 Å². The molecular formula is C46H89NO11S. The highest BCUT2D eigenvalue weighted by Crippen LogP contribution is 2.26. The van der Waals surface area contributed by atoms with E-state index in [0.29, 0.717) is 12.8 Å². The van der Waals surface area contributed by atoms with Gasteiger partial charge in [-0.15, -0.1) is 0 Å². The first-order chi connectivity index (χ1) is 28.5. The smallest absolute Gasteiger partial charge is 0.394 e. The zero-order valence-corrected chi connectivity index (χ0v) is 38.1. The van der Waals surface area contributed by atoms with Crippen molar-refractivity contribution in [3.8, 4) is 0 Å². The maximum absolute atomic E-state index is 13.0. The molecule has 6 N–H and O–H groups in total. The van der Waals surface area contributed by atoms with Crippen LogP contribution in [0.4, 0.5) is 0 Å². The lowest BCUT2D eigenvalue weighted by Crippen LogP contribution is -2.61. The second-order valence-corrected chi connectivity index (χ2v) is 18.1. The number of ether oxygens (including phenoxy) is 2. The van der Waals surface area contributed by atoms with Crippen LogP contribution in [0.15, 0.2) is 12.2 Å². The van der Waals surface area contributed by atoms with E-state index in [1.54, 1.807) is 0 Å². The molecule has 1 saturated heterocycles. The zero-order valence-electron chi connectivity index (χ0n) is 37.3. The number of allylic oxidation sites excluding steroid dienone is 2. The predicted octanol–water partition coefficient (Wildman–Crippen LogP) is 9.55. The molecule has 350 valence electrons. The van der Waals surface area contributed by atoms with Crippen LogP contribution in [0.1, 0.15) is 219 Å². The SMILES string of the molecule is CCCCCCCCCCCC/C=C\CCCCCCCCCC(=O)NC(COC1OC(CO)C(O)C(OS(=O)(=O)O)C1O)C(O)CCCCCCCCCCCCC. The van der Waals surface area contributed by atoms with Crippen molar-refractivity contribution >= 4 is 16.3 Å². The minimum atomic E-state index is -5.07. The summed E-state index contributed by atoms with van der Waals surface area (Å²) in [6, 6.07) is -0.856. The third-order valence-electron chi connectivity index (χ3n) is 11.6. The van der Waals surface area contributed by atoms with Gasteiger partial charge in [0, 0.05) is 6.42 Å². The monoisotopic (exact) mass is 864 g/mol. The summed E-state index contributed by atoms with van der Waals surface area (Å²) in [5.41, 5.74) is 0. The number of carbonyl (C=O) groups excluding carboxylic acids is 1. The fourth-order valence-corrected chi connectivity index (χ4v) is 8.32. The lowest BCUT2D eigenvalue weighted by atomic mass is 9.99. The van der Waals surface area contributed by atoms with E-state index in [0.717, 1.165) is 51.4 Å². The van der Waals surface area contributed by atoms with Crippen LogP contribution < -0.4 is 5.32 Å². The van der Waals surface area contributed by atoms with Gasteiger partial charge in [-0.05, 0) is 38.5 Å². The maximum atomic E-state index is 13.0. The van der Waals surface area contributed by atoms with E-state index in [-0.39, 0.29) is 18.9 Å². The summed E-state index contributed by atoms with van der Waals surface area (Å²) in [5.74, 6) is -0.234. The van der Waals surface area contributed by atoms with Gasteiger partial charge < -0.3 is 35.2 Å². The first kappa shape index (κ1) is 55.9. The molecule has 1 rings (SSSR count). The number of aliphatic hydroxyl groups excluding tert-OH is 4. The van der Waals surface area contributed by atoms with Gasteiger partial charge in [0.1, 0.15) is 24.4 Å². The average Bonchev–Trinajstić information content (AvgIpc) is 3.20. The van der Waals surface area contributed by atoms with Crippen LogP contribution in [0.2, 0.25) is 0 Å². The average molecular weight is 864 g/mol. The summed E-state index contributed by atoms with van der Waals surface area (Å²) in [6.45, 7) is 3.44. The number of hydrogen-bond donors (Lipinski definition) is 6. The fourth-order valence-electron chi connectivity index (χ4n) is 7.81. The van der Waals surface area contributed by atoms with Crippen LogP contribution in [0.3, 0.4) is 0 Å². The Labute approximate surface area is 360 Å². The summed E-state index contributed by atoms with van der Waals surface area (Å²) in [4.78, 5) is 13.0. The Hall–Kier alpha value is -1.16. The minimum absolute atomic E-state index is 0.234. The van der Waals surface area contributed by atoms with Gasteiger partial charge in [-0.25, -0.2) is 4.18 Å². The van der Waals surface area contributed by atoms with E-state index in [1.807, 2.05) is 0 Å². The third-order valence-corrected chi connectivity index (χ3v) is 12.0. The number of unbranched alkanes of at least 4 members (excludes halogenated alkanes) is 27. The van der Waals surface area contributed by atoms with Crippen molar-refractivity contribution in [1.82, 2.24) is 5.32 Å². The van der Waals surface area contributed by atoms with Gasteiger partial charge in [-0.1, -0.05) is 187 Å². The van der Waals surface area contributed by atoms with Crippen molar-refractivity contribution in [2.75, 3.05) is 13.2 Å². The first-order valence-corrected chi connectivity index (χ1v) is 25.4. The number of hydrogen-bond acceptors (Lipinski definition) is 10. The zero-order chi connectivity index (χ0) is 43.4. The van der Waals surface area contributed by atoms with Gasteiger partial charge in [-0.3, -0.25) is 9.35 Å². The van der Waals surface area contributed by atoms with Gasteiger partial charge in [0.05, 0.1) is 25.4 Å². The van der Waals surface area contributed by atoms with E-state index in [2.05, 4.69) is 35.5 Å². The highest BCUT2D eigenvalue weighted by Gasteiger charge is 2.48. The molecule has 1 heterocycles. The van der Waals surface area contributed by atoms with Gasteiger partial charge in [-0.2, -0.15) is 8.42 Å². The van der Waals surface area contributed by atoms with Crippen LogP contribution >= 0.6 is 0 Å². The lowest BCUT2D eigenvalue weighted by Gasteiger charge is -2.41.